The molecule has 30 heavy (non-hydrogen) atoms. The van der Waals surface area contributed by atoms with Crippen LogP contribution in [0, 0.1) is 23.3 Å². The van der Waals surface area contributed by atoms with Crippen LogP contribution in [-0.4, -0.2) is 30.2 Å². The highest BCUT2D eigenvalue weighted by Crippen LogP contribution is 2.38. The molecule has 0 atom stereocenters. The number of phenols is 2. The van der Waals surface area contributed by atoms with E-state index in [-0.39, 0.29) is 24.0 Å². The molecule has 2 aromatic carbocycles. The van der Waals surface area contributed by atoms with Crippen molar-refractivity contribution in [2.75, 3.05) is 14.2 Å². The molecular formula is C21H16F4O5. The smallest absolute Gasteiger partial charge is 0.197 e. The van der Waals surface area contributed by atoms with Crippen molar-refractivity contribution in [1.82, 2.24) is 0 Å². The lowest BCUT2D eigenvalue weighted by Crippen LogP contribution is -2.01. The Morgan fingerprint density at radius 3 is 1.50 bits per heavy atom. The minimum atomic E-state index is -1.19. The fourth-order valence-corrected chi connectivity index (χ4v) is 3.19. The summed E-state index contributed by atoms with van der Waals surface area (Å²) >= 11 is 0. The van der Waals surface area contributed by atoms with Crippen molar-refractivity contribution in [1.29, 1.82) is 0 Å². The summed E-state index contributed by atoms with van der Waals surface area (Å²) < 4.78 is 66.4. The summed E-state index contributed by atoms with van der Waals surface area (Å²) in [6, 6.07) is 1.30. The molecule has 0 amide bonds. The Kier molecular flexibility index (Phi) is 5.73. The first-order chi connectivity index (χ1) is 14.2. The van der Waals surface area contributed by atoms with Crippen LogP contribution in [0.4, 0.5) is 17.6 Å². The van der Waals surface area contributed by atoms with Gasteiger partial charge in [0.05, 0.1) is 25.3 Å². The quantitative estimate of drug-likeness (QED) is 0.558. The van der Waals surface area contributed by atoms with Crippen molar-refractivity contribution in [3.05, 3.63) is 57.7 Å². The molecule has 0 aromatic heterocycles. The van der Waals surface area contributed by atoms with Gasteiger partial charge >= 0.3 is 0 Å². The minimum Gasteiger partial charge on any atom is -0.504 e. The lowest BCUT2D eigenvalue weighted by atomic mass is 10.0. The molecule has 0 unspecified atom stereocenters. The monoisotopic (exact) mass is 424 g/mol. The van der Waals surface area contributed by atoms with E-state index in [0.29, 0.717) is 12.1 Å². The Bertz CT molecular complexity index is 1020. The van der Waals surface area contributed by atoms with Crippen LogP contribution in [0.1, 0.15) is 24.0 Å². The van der Waals surface area contributed by atoms with Crippen LogP contribution in [0.2, 0.25) is 0 Å². The number of ether oxygens (including phenoxy) is 2. The second-order valence-corrected chi connectivity index (χ2v) is 6.45. The lowest BCUT2D eigenvalue weighted by molar-refractivity contribution is -0.111. The van der Waals surface area contributed by atoms with Gasteiger partial charge in [-0.2, -0.15) is 0 Å². The van der Waals surface area contributed by atoms with E-state index in [1.54, 1.807) is 0 Å². The standard InChI is InChI=1S/C21H16F4O5/c1-29-20-15(26)7-13(22)11(17(20)24)5-9-3-4-10(19(9)28)6-12-14(23)8-16(27)21(30-2)18(12)25/h5-8,26-27H,3-4H2,1-2H3/b9-5+,10-6+. The molecule has 1 saturated carbocycles. The molecule has 0 spiro atoms. The van der Waals surface area contributed by atoms with Crippen LogP contribution in [0.25, 0.3) is 12.2 Å². The number of rotatable bonds is 4. The molecule has 1 fully saturated rings. The topological polar surface area (TPSA) is 76.0 Å². The zero-order valence-electron chi connectivity index (χ0n) is 15.9. The van der Waals surface area contributed by atoms with Gasteiger partial charge in [0.2, 0.25) is 0 Å². The summed E-state index contributed by atoms with van der Waals surface area (Å²) in [7, 11) is 2.17. The normalized spacial score (nSPS) is 16.5. The highest BCUT2D eigenvalue weighted by atomic mass is 19.1. The molecular weight excluding hydrogens is 408 g/mol. The van der Waals surface area contributed by atoms with Crippen LogP contribution < -0.4 is 9.47 Å². The van der Waals surface area contributed by atoms with Gasteiger partial charge in [-0.25, -0.2) is 17.6 Å². The van der Waals surface area contributed by atoms with Gasteiger partial charge in [0.15, 0.2) is 40.4 Å². The largest absolute Gasteiger partial charge is 0.504 e. The third-order valence-corrected chi connectivity index (χ3v) is 4.67. The van der Waals surface area contributed by atoms with Crippen molar-refractivity contribution in [3.63, 3.8) is 0 Å². The van der Waals surface area contributed by atoms with Crippen molar-refractivity contribution in [3.8, 4) is 23.0 Å². The van der Waals surface area contributed by atoms with Crippen LogP contribution in [0.15, 0.2) is 23.3 Å². The fraction of sp³-hybridized carbons (Fsp3) is 0.190. The van der Waals surface area contributed by atoms with Crippen LogP contribution in [0.3, 0.4) is 0 Å². The van der Waals surface area contributed by atoms with E-state index in [2.05, 4.69) is 9.47 Å². The zero-order chi connectivity index (χ0) is 22.2. The molecule has 1 aliphatic rings. The van der Waals surface area contributed by atoms with Crippen LogP contribution >= 0.6 is 0 Å². The number of phenolic OH excluding ortho intramolecular Hbond substituents is 2. The molecule has 0 radical (unpaired) electrons. The number of aromatic hydroxyl groups is 2. The van der Waals surface area contributed by atoms with E-state index in [1.807, 2.05) is 0 Å². The number of allylic oxidation sites excluding steroid dienone is 2. The second-order valence-electron chi connectivity index (χ2n) is 6.45. The number of methoxy groups -OCH3 is 2. The Morgan fingerprint density at radius 1 is 0.800 bits per heavy atom. The van der Waals surface area contributed by atoms with Crippen LogP contribution in [0.5, 0.6) is 23.0 Å². The molecule has 0 heterocycles. The molecule has 9 heteroatoms. The lowest BCUT2D eigenvalue weighted by Gasteiger charge is -2.09. The summed E-state index contributed by atoms with van der Waals surface area (Å²) in [5.74, 6) is -7.87. The van der Waals surface area contributed by atoms with Crippen LogP contribution in [-0.2, 0) is 4.79 Å². The molecule has 1 aliphatic carbocycles. The summed E-state index contributed by atoms with van der Waals surface area (Å²) in [6.07, 6.45) is 2.09. The van der Waals surface area contributed by atoms with Gasteiger partial charge < -0.3 is 19.7 Å². The van der Waals surface area contributed by atoms with E-state index in [4.69, 9.17) is 0 Å². The van der Waals surface area contributed by atoms with E-state index in [9.17, 15) is 32.6 Å². The number of carbonyl (C=O) groups is 1. The molecule has 5 nitrogen and oxygen atoms in total. The second kappa shape index (κ2) is 8.10. The van der Waals surface area contributed by atoms with Gasteiger partial charge in [-0.1, -0.05) is 0 Å². The number of halogens is 4. The Hall–Kier alpha value is -3.49. The third kappa shape index (κ3) is 3.58. The first kappa shape index (κ1) is 21.2. The molecule has 0 saturated heterocycles. The molecule has 3 rings (SSSR count). The minimum absolute atomic E-state index is 0.0124. The number of carbonyl (C=O) groups excluding carboxylic acids is 1. The highest BCUT2D eigenvalue weighted by molar-refractivity contribution is 6.15. The number of benzene rings is 2. The van der Waals surface area contributed by atoms with Gasteiger partial charge in [0, 0.05) is 23.3 Å². The number of ketones is 1. The SMILES string of the molecule is COc1c(O)cc(F)c(/C=C2\CC/C(=C\c3c(F)cc(O)c(OC)c3F)C2=O)c1F. The summed E-state index contributed by atoms with van der Waals surface area (Å²) in [5, 5.41) is 19.1. The average Bonchev–Trinajstić information content (AvgIpc) is 3.02. The van der Waals surface area contributed by atoms with E-state index < -0.39 is 63.2 Å². The number of hydrogen-bond acceptors (Lipinski definition) is 5. The maximum Gasteiger partial charge on any atom is 0.197 e. The van der Waals surface area contributed by atoms with Crippen molar-refractivity contribution in [2.45, 2.75) is 12.8 Å². The summed E-state index contributed by atoms with van der Waals surface area (Å²) in [4.78, 5) is 12.6. The highest BCUT2D eigenvalue weighted by Gasteiger charge is 2.27. The third-order valence-electron chi connectivity index (χ3n) is 4.67. The van der Waals surface area contributed by atoms with Crippen molar-refractivity contribution < 1.29 is 42.0 Å². The first-order valence-electron chi connectivity index (χ1n) is 8.65. The number of Topliss-reactive ketones (excluding diaryl/α,β-unsaturated/α-hetero) is 1. The first-order valence-corrected chi connectivity index (χ1v) is 8.65. The van der Waals surface area contributed by atoms with Crippen molar-refractivity contribution in [2.24, 2.45) is 0 Å². The molecule has 0 bridgehead atoms. The van der Waals surface area contributed by atoms with E-state index >= 15 is 0 Å². The summed E-state index contributed by atoms with van der Waals surface area (Å²) in [5.41, 5.74) is -1.15. The maximum absolute atomic E-state index is 14.4. The summed E-state index contributed by atoms with van der Waals surface area (Å²) in [6.45, 7) is 0. The zero-order valence-corrected chi connectivity index (χ0v) is 15.9. The Labute approximate surface area is 168 Å². The van der Waals surface area contributed by atoms with Gasteiger partial charge in [-0.15, -0.1) is 0 Å². The van der Waals surface area contributed by atoms with Gasteiger partial charge in [-0.05, 0) is 25.0 Å². The van der Waals surface area contributed by atoms with Gasteiger partial charge in [-0.3, -0.25) is 4.79 Å². The Balaban J connectivity index is 2.03. The fourth-order valence-electron chi connectivity index (χ4n) is 3.19. The number of hydrogen-bond donors (Lipinski definition) is 2. The average molecular weight is 424 g/mol. The van der Waals surface area contributed by atoms with Gasteiger partial charge in [0.25, 0.3) is 0 Å². The maximum atomic E-state index is 14.4. The van der Waals surface area contributed by atoms with Gasteiger partial charge in [0.1, 0.15) is 11.6 Å². The van der Waals surface area contributed by atoms with E-state index in [0.717, 1.165) is 26.4 Å². The molecule has 2 aromatic rings. The molecule has 158 valence electrons. The molecule has 0 aliphatic heterocycles. The van der Waals surface area contributed by atoms with Crippen molar-refractivity contribution >= 4 is 17.9 Å². The molecule has 2 N–H and O–H groups in total. The predicted octanol–water partition coefficient (Wildman–Crippen LogP) is 4.50. The predicted molar refractivity (Wildman–Crippen MR) is 99.3 cm³/mol. The van der Waals surface area contributed by atoms with E-state index in [1.165, 1.54) is 0 Å². The Morgan fingerprint density at radius 2 is 1.17 bits per heavy atom.